The van der Waals surface area contributed by atoms with E-state index < -0.39 is 0 Å². The second-order valence-corrected chi connectivity index (χ2v) is 19.1. The van der Waals surface area contributed by atoms with Gasteiger partial charge < -0.3 is 19.9 Å². The van der Waals surface area contributed by atoms with E-state index >= 15 is 0 Å². The first-order valence-corrected chi connectivity index (χ1v) is 24.5. The molecule has 0 saturated heterocycles. The largest absolute Gasteiger partial charge is 0.354 e. The lowest BCUT2D eigenvalue weighted by Gasteiger charge is -2.18. The highest BCUT2D eigenvalue weighted by atomic mass is 14.8. The van der Waals surface area contributed by atoms with Gasteiger partial charge in [0.05, 0.1) is 44.2 Å². The summed E-state index contributed by atoms with van der Waals surface area (Å²) in [6.07, 6.45) is 18.3. The van der Waals surface area contributed by atoms with Crippen molar-refractivity contribution in [2.75, 3.05) is 0 Å². The van der Waals surface area contributed by atoms with Crippen LogP contribution in [0.3, 0.4) is 0 Å². The summed E-state index contributed by atoms with van der Waals surface area (Å²) in [4.78, 5) is 17.5. The van der Waals surface area contributed by atoms with Crippen molar-refractivity contribution in [3.8, 4) is 0 Å². The van der Waals surface area contributed by atoms with Crippen LogP contribution < -0.4 is 21.4 Å². The number of H-pyrrole nitrogens is 4. The van der Waals surface area contributed by atoms with Crippen molar-refractivity contribution >= 4 is 22.3 Å². The fourth-order valence-corrected chi connectivity index (χ4v) is 12.7. The minimum atomic E-state index is 1.08. The first kappa shape index (κ1) is 38.0. The van der Waals surface area contributed by atoms with Crippen molar-refractivity contribution in [3.05, 3.63) is 232 Å². The predicted molar refractivity (Wildman–Crippen MR) is 260 cm³/mol. The third kappa shape index (κ3) is 6.01. The second-order valence-electron chi connectivity index (χ2n) is 19.1. The Hall–Kier alpha value is -6.52. The van der Waals surface area contributed by atoms with E-state index in [2.05, 4.69) is 141 Å². The maximum Gasteiger partial charge on any atom is 0.0521 e. The van der Waals surface area contributed by atoms with E-state index in [4.69, 9.17) is 0 Å². The van der Waals surface area contributed by atoms with Crippen LogP contribution in [0.1, 0.15) is 141 Å². The summed E-state index contributed by atoms with van der Waals surface area (Å²) in [5.41, 5.74) is 27.6. The molecule has 4 aromatic carbocycles. The van der Waals surface area contributed by atoms with Crippen LogP contribution in [-0.2, 0) is 51.4 Å². The van der Waals surface area contributed by atoms with Crippen LogP contribution in [0.2, 0.25) is 0 Å². The number of hydrogen-bond acceptors (Lipinski definition) is 0. The Labute approximate surface area is 375 Å². The molecule has 4 nitrogen and oxygen atoms in total. The zero-order valence-corrected chi connectivity index (χ0v) is 36.9. The molecular formula is C60H56N4. The molecule has 316 valence electrons. The summed E-state index contributed by atoms with van der Waals surface area (Å²) in [5, 5.41) is 5.21. The molecule has 0 spiro atoms. The van der Waals surface area contributed by atoms with Gasteiger partial charge in [-0.15, -0.1) is 0 Å². The zero-order chi connectivity index (χ0) is 42.1. The van der Waals surface area contributed by atoms with Crippen molar-refractivity contribution in [2.24, 2.45) is 0 Å². The molecule has 64 heavy (non-hydrogen) atoms. The van der Waals surface area contributed by atoms with Gasteiger partial charge in [-0.05, 0) is 169 Å². The quantitative estimate of drug-likeness (QED) is 0.137. The van der Waals surface area contributed by atoms with E-state index in [1.165, 1.54) is 185 Å². The van der Waals surface area contributed by atoms with E-state index in [-0.39, 0.29) is 0 Å². The summed E-state index contributed by atoms with van der Waals surface area (Å²) < 4.78 is 0. The number of aromatic nitrogens is 4. The number of benzene rings is 4. The number of hydrogen-bond donors (Lipinski definition) is 4. The number of rotatable bonds is 4. The average Bonchev–Trinajstić information content (AvgIpc) is 4.14. The van der Waals surface area contributed by atoms with Crippen LogP contribution >= 0.6 is 0 Å². The van der Waals surface area contributed by atoms with Gasteiger partial charge in [-0.1, -0.05) is 121 Å². The van der Waals surface area contributed by atoms with Crippen LogP contribution in [0, 0.1) is 0 Å². The predicted octanol–water partition coefficient (Wildman–Crippen LogP) is 9.82. The second kappa shape index (κ2) is 15.6. The average molecular weight is 833 g/mol. The third-order valence-corrected chi connectivity index (χ3v) is 15.5. The van der Waals surface area contributed by atoms with E-state index in [0.29, 0.717) is 0 Å². The number of nitrogens with one attached hydrogen (secondary N) is 4. The van der Waals surface area contributed by atoms with Gasteiger partial charge in [0, 0.05) is 22.3 Å². The maximum atomic E-state index is 4.38. The normalized spacial score (nSPS) is 16.9. The smallest absolute Gasteiger partial charge is 0.0521 e. The van der Waals surface area contributed by atoms with Gasteiger partial charge in [-0.25, -0.2) is 0 Å². The van der Waals surface area contributed by atoms with E-state index in [9.17, 15) is 0 Å². The summed E-state index contributed by atoms with van der Waals surface area (Å²) in [6, 6.07) is 45.4. The molecule has 4 heterocycles. The topological polar surface area (TPSA) is 63.2 Å². The molecule has 0 radical (unpaired) electrons. The molecular weight excluding hydrogens is 777 g/mol. The Morgan fingerprint density at radius 1 is 0.219 bits per heavy atom. The van der Waals surface area contributed by atoms with Gasteiger partial charge in [-0.2, -0.15) is 0 Å². The molecule has 4 heteroatoms. The van der Waals surface area contributed by atoms with Gasteiger partial charge >= 0.3 is 0 Å². The molecule has 0 aliphatic heterocycles. The third-order valence-electron chi connectivity index (χ3n) is 15.5. The summed E-state index contributed by atoms with van der Waals surface area (Å²) in [6.45, 7) is 0. The van der Waals surface area contributed by atoms with Crippen LogP contribution in [0.5, 0.6) is 0 Å². The van der Waals surface area contributed by atoms with Crippen molar-refractivity contribution in [2.45, 2.75) is 103 Å². The Bertz CT molecular complexity index is 2910. The minimum absolute atomic E-state index is 1.08. The molecule has 5 aliphatic rings. The van der Waals surface area contributed by atoms with Gasteiger partial charge in [0.15, 0.2) is 0 Å². The van der Waals surface area contributed by atoms with Crippen molar-refractivity contribution in [3.63, 3.8) is 0 Å². The van der Waals surface area contributed by atoms with Crippen LogP contribution in [0.15, 0.2) is 121 Å². The molecule has 4 aromatic heterocycles. The summed E-state index contributed by atoms with van der Waals surface area (Å²) >= 11 is 0. The molecule has 13 rings (SSSR count). The molecule has 8 aromatic rings. The van der Waals surface area contributed by atoms with Crippen molar-refractivity contribution in [1.82, 2.24) is 19.9 Å². The zero-order valence-electron chi connectivity index (χ0n) is 36.9. The van der Waals surface area contributed by atoms with Crippen molar-refractivity contribution in [1.29, 1.82) is 0 Å². The van der Waals surface area contributed by atoms with Crippen LogP contribution in [0.25, 0.3) is 22.3 Å². The lowest BCUT2D eigenvalue weighted by Crippen LogP contribution is -2.21. The van der Waals surface area contributed by atoms with Crippen molar-refractivity contribution < 1.29 is 0 Å². The SMILES string of the molecule is c1ccc(C2=c3[nH]c(c4c3CCCC4)=C(c3ccccc3)c3[nH]c(c4c3CCCC4)C(c3ccccc3)=c3[nH]c(c4c3CCCC4)=C(c3ccccc3)c3[nH]c2c2c3CCCC2)cc1. The summed E-state index contributed by atoms with van der Waals surface area (Å²) in [7, 11) is 0. The standard InChI is InChI=1S/C60H56N4/c1-5-21-37(22-6-1)49-53-41-29-13-15-31-43(41)55(61-53)50(38-23-7-2-8-24-38)57-45-33-17-19-35-47(45)59(63-57)52(40-27-11-4-12-28-40)60-48-36-20-18-34-46(48)58(64-60)51(39-25-9-3-10-26-39)56-44-32-16-14-30-42(44)54(49)62-56/h1-12,21-28,61-64H,13-20,29-36H2. The maximum absolute atomic E-state index is 4.38. The first-order valence-electron chi connectivity index (χ1n) is 24.5. The molecule has 0 amide bonds. The molecule has 5 aliphatic carbocycles. The molecule has 0 unspecified atom stereocenters. The highest BCUT2D eigenvalue weighted by Crippen LogP contribution is 2.40. The lowest BCUT2D eigenvalue weighted by molar-refractivity contribution is 0.683. The number of aromatic amines is 4. The van der Waals surface area contributed by atoms with Crippen LogP contribution in [-0.4, -0.2) is 19.9 Å². The highest BCUT2D eigenvalue weighted by Gasteiger charge is 2.32. The highest BCUT2D eigenvalue weighted by molar-refractivity contribution is 5.89. The lowest BCUT2D eigenvalue weighted by atomic mass is 9.85. The molecule has 0 fully saturated rings. The van der Waals surface area contributed by atoms with Gasteiger partial charge in [0.25, 0.3) is 0 Å². The fraction of sp³-hybridized carbons (Fsp3) is 0.267. The van der Waals surface area contributed by atoms with E-state index in [1.54, 1.807) is 0 Å². The summed E-state index contributed by atoms with van der Waals surface area (Å²) in [5.74, 6) is 0. The molecule has 4 N–H and O–H groups in total. The Kier molecular flexibility index (Phi) is 9.27. The Balaban J connectivity index is 1.31. The van der Waals surface area contributed by atoms with Gasteiger partial charge in [0.2, 0.25) is 0 Å². The molecule has 8 bridgehead atoms. The van der Waals surface area contributed by atoms with E-state index in [0.717, 1.165) is 51.4 Å². The van der Waals surface area contributed by atoms with Gasteiger partial charge in [0.1, 0.15) is 0 Å². The monoisotopic (exact) mass is 832 g/mol. The van der Waals surface area contributed by atoms with Crippen LogP contribution in [0.4, 0.5) is 0 Å². The molecule has 0 atom stereocenters. The van der Waals surface area contributed by atoms with Gasteiger partial charge in [-0.3, -0.25) is 0 Å². The Morgan fingerprint density at radius 3 is 0.641 bits per heavy atom. The molecule has 0 saturated carbocycles. The first-order chi connectivity index (χ1) is 31.8. The minimum Gasteiger partial charge on any atom is -0.354 e. The fourth-order valence-electron chi connectivity index (χ4n) is 12.7. The van der Waals surface area contributed by atoms with E-state index in [1.807, 2.05) is 0 Å². The Morgan fingerprint density at radius 2 is 0.422 bits per heavy atom.